The number of anilines is 2. The number of hydrogen-bond donors (Lipinski definition) is 4. The largest absolute Gasteiger partial charge is 0.483 e. The molecule has 272 valence electrons. The highest BCUT2D eigenvalue weighted by atomic mass is 35.5. The summed E-state index contributed by atoms with van der Waals surface area (Å²) in [5.41, 5.74) is 2.61. The number of hydrogen-bond acceptors (Lipinski definition) is 10. The van der Waals surface area contributed by atoms with Crippen LogP contribution in [0.1, 0.15) is 65.7 Å². The van der Waals surface area contributed by atoms with E-state index in [-0.39, 0.29) is 42.2 Å². The molecule has 2 aliphatic rings. The first kappa shape index (κ1) is 35.3. The van der Waals surface area contributed by atoms with Crippen LogP contribution in [0.2, 0.25) is 5.02 Å². The second-order valence-electron chi connectivity index (χ2n) is 12.7. The van der Waals surface area contributed by atoms with Crippen LogP contribution in [-0.4, -0.2) is 78.4 Å². The Morgan fingerprint density at radius 1 is 0.962 bits per heavy atom. The fraction of sp³-hybridized carbons (Fsp3) is 0.297. The number of piperidine rings is 1. The van der Waals surface area contributed by atoms with Gasteiger partial charge in [0, 0.05) is 48.2 Å². The number of aryl methyl sites for hydroxylation is 1. The van der Waals surface area contributed by atoms with Crippen molar-refractivity contribution < 1.29 is 28.7 Å². The van der Waals surface area contributed by atoms with Crippen molar-refractivity contribution in [1.29, 1.82) is 0 Å². The molecule has 5 aromatic rings. The number of carbonyl (C=O) groups is 5. The standard InChI is InChI=1S/C37H36ClN9O6/c38-25-20-41-37(45-33(25)24-19-40-26-11-5-4-9-22(24)26)43-29-15-17-42-46(29)18-7-3-1-2-6-16-39-31(49)21-53-28-12-8-10-23-32(28)36(52)47(35(23)51)27-13-14-30(48)44-34(27)50/h4-5,8-12,15,17,19-20,27,40H,1-3,6-7,13-14,16,18,21H2,(H,39,49)(H,41,43,45)(H,44,48,50). The van der Waals surface area contributed by atoms with Gasteiger partial charge in [0.2, 0.25) is 17.8 Å². The van der Waals surface area contributed by atoms with Crippen LogP contribution >= 0.6 is 11.6 Å². The molecule has 0 aliphatic carbocycles. The van der Waals surface area contributed by atoms with E-state index in [1.165, 1.54) is 12.1 Å². The molecular formula is C37H36ClN9O6. The van der Waals surface area contributed by atoms with Crippen molar-refractivity contribution in [2.75, 3.05) is 18.5 Å². The molecule has 5 heterocycles. The van der Waals surface area contributed by atoms with Gasteiger partial charge in [-0.25, -0.2) is 14.6 Å². The number of amides is 5. The molecule has 1 unspecified atom stereocenters. The van der Waals surface area contributed by atoms with Crippen LogP contribution in [0.3, 0.4) is 0 Å². The van der Waals surface area contributed by atoms with Crippen molar-refractivity contribution in [3.8, 4) is 17.0 Å². The zero-order chi connectivity index (χ0) is 36.9. The molecule has 15 nitrogen and oxygen atoms in total. The van der Waals surface area contributed by atoms with Crippen molar-refractivity contribution in [3.63, 3.8) is 0 Å². The lowest BCUT2D eigenvalue weighted by Crippen LogP contribution is -2.54. The number of ether oxygens (including phenoxy) is 1. The number of H-pyrrole nitrogens is 1. The maximum atomic E-state index is 13.2. The summed E-state index contributed by atoms with van der Waals surface area (Å²) in [6, 6.07) is 13.3. The Hall–Kier alpha value is -6.09. The van der Waals surface area contributed by atoms with Gasteiger partial charge in [0.25, 0.3) is 17.7 Å². The zero-order valence-electron chi connectivity index (χ0n) is 28.6. The fourth-order valence-electron chi connectivity index (χ4n) is 6.56. The van der Waals surface area contributed by atoms with Gasteiger partial charge in [-0.3, -0.25) is 34.2 Å². The third-order valence-corrected chi connectivity index (χ3v) is 9.48. The molecular weight excluding hydrogens is 702 g/mol. The number of aromatic amines is 1. The second kappa shape index (κ2) is 15.7. The van der Waals surface area contributed by atoms with Gasteiger partial charge in [-0.05, 0) is 37.5 Å². The van der Waals surface area contributed by atoms with Crippen LogP contribution in [0.5, 0.6) is 5.75 Å². The summed E-state index contributed by atoms with van der Waals surface area (Å²) in [5, 5.41) is 14.2. The number of fused-ring (bicyclic) bond motifs is 2. The highest BCUT2D eigenvalue weighted by molar-refractivity contribution is 6.33. The Labute approximate surface area is 308 Å². The number of unbranched alkanes of at least 4 members (excludes halogenated alkanes) is 4. The molecule has 1 saturated heterocycles. The molecule has 4 N–H and O–H groups in total. The third kappa shape index (κ3) is 7.60. The zero-order valence-corrected chi connectivity index (χ0v) is 29.3. The normalized spacial score (nSPS) is 15.5. The molecule has 16 heteroatoms. The molecule has 53 heavy (non-hydrogen) atoms. The van der Waals surface area contributed by atoms with E-state index in [1.54, 1.807) is 18.5 Å². The van der Waals surface area contributed by atoms with Gasteiger partial charge in [-0.15, -0.1) is 0 Å². The number of nitrogens with zero attached hydrogens (tertiary/aromatic N) is 5. The van der Waals surface area contributed by atoms with Crippen LogP contribution in [-0.2, 0) is 20.9 Å². The number of para-hydroxylation sites is 1. The highest BCUT2D eigenvalue weighted by Crippen LogP contribution is 2.34. The molecule has 0 bridgehead atoms. The summed E-state index contributed by atoms with van der Waals surface area (Å²) >= 11 is 6.49. The van der Waals surface area contributed by atoms with Crippen LogP contribution in [0.15, 0.2) is 67.1 Å². The fourth-order valence-corrected chi connectivity index (χ4v) is 6.75. The Balaban J connectivity index is 0.816. The van der Waals surface area contributed by atoms with Gasteiger partial charge in [-0.2, -0.15) is 5.10 Å². The monoisotopic (exact) mass is 737 g/mol. The van der Waals surface area contributed by atoms with E-state index in [1.807, 2.05) is 41.2 Å². The molecule has 0 radical (unpaired) electrons. The van der Waals surface area contributed by atoms with Gasteiger partial charge in [-0.1, -0.05) is 55.1 Å². The van der Waals surface area contributed by atoms with Crippen molar-refractivity contribution in [3.05, 3.63) is 83.3 Å². The smallest absolute Gasteiger partial charge is 0.266 e. The lowest BCUT2D eigenvalue weighted by atomic mass is 10.0. The number of imide groups is 2. The average Bonchev–Trinajstić information content (AvgIpc) is 3.86. The minimum atomic E-state index is -1.09. The molecule has 3 aromatic heterocycles. The Morgan fingerprint density at radius 3 is 2.66 bits per heavy atom. The first-order valence-corrected chi connectivity index (χ1v) is 17.8. The topological polar surface area (TPSA) is 193 Å². The summed E-state index contributed by atoms with van der Waals surface area (Å²) in [7, 11) is 0. The van der Waals surface area contributed by atoms with Crippen molar-refractivity contribution in [2.24, 2.45) is 0 Å². The molecule has 0 saturated carbocycles. The van der Waals surface area contributed by atoms with E-state index in [0.717, 1.165) is 59.3 Å². The highest BCUT2D eigenvalue weighted by Gasteiger charge is 2.46. The lowest BCUT2D eigenvalue weighted by molar-refractivity contribution is -0.136. The second-order valence-corrected chi connectivity index (χ2v) is 13.1. The van der Waals surface area contributed by atoms with Gasteiger partial charge in [0.1, 0.15) is 17.6 Å². The van der Waals surface area contributed by atoms with Gasteiger partial charge in [0.05, 0.1) is 34.2 Å². The van der Waals surface area contributed by atoms with E-state index in [4.69, 9.17) is 21.3 Å². The van der Waals surface area contributed by atoms with Crippen molar-refractivity contribution in [1.82, 2.24) is 40.3 Å². The Bertz CT molecular complexity index is 2220. The van der Waals surface area contributed by atoms with Gasteiger partial charge >= 0.3 is 0 Å². The molecule has 1 fully saturated rings. The average molecular weight is 738 g/mol. The number of rotatable bonds is 15. The first-order valence-electron chi connectivity index (χ1n) is 17.4. The van der Waals surface area contributed by atoms with Gasteiger partial charge in [0.15, 0.2) is 6.61 Å². The maximum Gasteiger partial charge on any atom is 0.266 e. The Morgan fingerprint density at radius 2 is 1.79 bits per heavy atom. The molecule has 1 atom stereocenters. The van der Waals surface area contributed by atoms with E-state index in [2.05, 4.69) is 31.0 Å². The van der Waals surface area contributed by atoms with E-state index in [9.17, 15) is 24.0 Å². The minimum absolute atomic E-state index is 0.00178. The summed E-state index contributed by atoms with van der Waals surface area (Å²) in [5.74, 6) is -1.58. The summed E-state index contributed by atoms with van der Waals surface area (Å²) in [4.78, 5) is 75.8. The van der Waals surface area contributed by atoms with E-state index in [0.29, 0.717) is 29.8 Å². The molecule has 2 aromatic carbocycles. The maximum absolute atomic E-state index is 13.2. The summed E-state index contributed by atoms with van der Waals surface area (Å²) in [6.45, 7) is 0.821. The number of carbonyl (C=O) groups excluding carboxylic acids is 5. The van der Waals surface area contributed by atoms with Crippen LogP contribution in [0, 0.1) is 0 Å². The molecule has 7 rings (SSSR count). The van der Waals surface area contributed by atoms with Crippen LogP contribution in [0.25, 0.3) is 22.2 Å². The number of aromatic nitrogens is 5. The number of benzene rings is 2. The van der Waals surface area contributed by atoms with Crippen molar-refractivity contribution >= 4 is 63.8 Å². The lowest BCUT2D eigenvalue weighted by Gasteiger charge is -2.27. The quantitative estimate of drug-likeness (QED) is 0.0860. The molecule has 2 aliphatic heterocycles. The number of halogens is 1. The minimum Gasteiger partial charge on any atom is -0.483 e. The molecule has 5 amide bonds. The third-order valence-electron chi connectivity index (χ3n) is 9.20. The van der Waals surface area contributed by atoms with Crippen LogP contribution < -0.4 is 20.7 Å². The number of nitrogens with one attached hydrogen (secondary N) is 4. The molecule has 0 spiro atoms. The van der Waals surface area contributed by atoms with E-state index < -0.39 is 29.7 Å². The predicted molar refractivity (Wildman–Crippen MR) is 195 cm³/mol. The van der Waals surface area contributed by atoms with Gasteiger partial charge < -0.3 is 20.4 Å². The van der Waals surface area contributed by atoms with Crippen LogP contribution in [0.4, 0.5) is 11.8 Å². The summed E-state index contributed by atoms with van der Waals surface area (Å²) in [6.07, 6.45) is 9.82. The van der Waals surface area contributed by atoms with Crippen molar-refractivity contribution in [2.45, 2.75) is 57.5 Å². The Kier molecular flexibility index (Phi) is 10.4. The predicted octanol–water partition coefficient (Wildman–Crippen LogP) is 4.77. The summed E-state index contributed by atoms with van der Waals surface area (Å²) < 4.78 is 7.53. The first-order chi connectivity index (χ1) is 25.8. The SMILES string of the molecule is O=C(COc1cccc2c1C(=O)N(C1CCC(=O)NC1=O)C2=O)NCCCCCCCn1nccc1Nc1ncc(Cl)c(-c2c[nH]c3ccccc23)n1. The van der Waals surface area contributed by atoms with E-state index >= 15 is 0 Å².